The van der Waals surface area contributed by atoms with Crippen LogP contribution in [0.3, 0.4) is 0 Å². The molecule has 1 N–H and O–H groups in total. The second-order valence-electron chi connectivity index (χ2n) is 7.85. The van der Waals surface area contributed by atoms with Crippen molar-refractivity contribution in [3.05, 3.63) is 99.5 Å². The summed E-state index contributed by atoms with van der Waals surface area (Å²) in [6, 6.07) is 20.9. The van der Waals surface area contributed by atoms with Gasteiger partial charge in [-0.25, -0.2) is 9.69 Å². The van der Waals surface area contributed by atoms with Crippen LogP contribution in [-0.4, -0.2) is 24.4 Å². The highest BCUT2D eigenvalue weighted by Gasteiger charge is 2.41. The minimum atomic E-state index is -0.588. The van der Waals surface area contributed by atoms with Crippen LogP contribution in [0, 0.1) is 6.92 Å². The van der Waals surface area contributed by atoms with Gasteiger partial charge in [0.1, 0.15) is 10.6 Å². The van der Waals surface area contributed by atoms with Gasteiger partial charge in [-0.1, -0.05) is 60.1 Å². The average Bonchev–Trinajstić information content (AvgIpc) is 3.09. The van der Waals surface area contributed by atoms with Gasteiger partial charge in [0.15, 0.2) is 0 Å². The number of para-hydroxylation sites is 1. The third-order valence-corrected chi connectivity index (χ3v) is 6.54. The topological polar surface area (TPSA) is 75.7 Å². The third kappa shape index (κ3) is 5.42. The van der Waals surface area contributed by atoms with Crippen molar-refractivity contribution in [2.75, 3.05) is 16.8 Å². The van der Waals surface area contributed by atoms with Crippen LogP contribution in [0.4, 0.5) is 11.4 Å². The second kappa shape index (κ2) is 10.8. The Bertz CT molecular complexity index is 1230. The Hall–Kier alpha value is -3.55. The summed E-state index contributed by atoms with van der Waals surface area (Å²) in [4.78, 5) is 42.0. The van der Waals surface area contributed by atoms with Crippen LogP contribution in [0.1, 0.15) is 29.3 Å². The standard InChI is InChI=1S/C27H23ClN2O4S/c1-3-16-34-27(33)21-6-4-5-7-22(21)30-25(31)23(29-19-12-10-18(28)11-13-19)24(26(30)32)35-20-14-8-17(2)9-15-20/h4-15,29H,3,16H2,1-2H3. The maximum absolute atomic E-state index is 13.6. The van der Waals surface area contributed by atoms with Gasteiger partial charge in [0.05, 0.1) is 17.9 Å². The Labute approximate surface area is 212 Å². The molecule has 0 aliphatic carbocycles. The smallest absolute Gasteiger partial charge is 0.340 e. The van der Waals surface area contributed by atoms with Crippen molar-refractivity contribution < 1.29 is 19.1 Å². The molecule has 0 unspecified atom stereocenters. The van der Waals surface area contributed by atoms with E-state index in [2.05, 4.69) is 5.32 Å². The SMILES string of the molecule is CCCOC(=O)c1ccccc1N1C(=O)C(Nc2ccc(Cl)cc2)=C(Sc2ccc(C)cc2)C1=O. The fourth-order valence-electron chi connectivity index (χ4n) is 3.45. The van der Waals surface area contributed by atoms with Gasteiger partial charge in [0.25, 0.3) is 11.8 Å². The maximum atomic E-state index is 13.6. The zero-order valence-corrected chi connectivity index (χ0v) is 20.8. The quantitative estimate of drug-likeness (QED) is 0.289. The summed E-state index contributed by atoms with van der Waals surface area (Å²) in [6.07, 6.45) is 0.656. The molecule has 0 radical (unpaired) electrons. The number of esters is 1. The number of benzene rings is 3. The number of hydrogen-bond acceptors (Lipinski definition) is 6. The van der Waals surface area contributed by atoms with Crippen molar-refractivity contribution >= 4 is 52.5 Å². The molecular formula is C27H23ClN2O4S. The molecule has 35 heavy (non-hydrogen) atoms. The number of amides is 2. The number of nitrogens with zero attached hydrogens (tertiary/aromatic N) is 1. The number of carbonyl (C=O) groups excluding carboxylic acids is 3. The van der Waals surface area contributed by atoms with E-state index in [1.165, 1.54) is 11.8 Å². The molecule has 3 aromatic rings. The minimum absolute atomic E-state index is 0.125. The Morgan fingerprint density at radius 3 is 2.34 bits per heavy atom. The molecular weight excluding hydrogens is 484 g/mol. The molecule has 0 bridgehead atoms. The van der Waals surface area contributed by atoms with Crippen LogP contribution in [0.25, 0.3) is 0 Å². The molecule has 1 heterocycles. The predicted molar refractivity (Wildman–Crippen MR) is 139 cm³/mol. The van der Waals surface area contributed by atoms with Crippen molar-refractivity contribution in [1.82, 2.24) is 0 Å². The number of halogens is 1. The monoisotopic (exact) mass is 506 g/mol. The normalized spacial score (nSPS) is 13.4. The largest absolute Gasteiger partial charge is 0.462 e. The Balaban J connectivity index is 1.74. The zero-order valence-electron chi connectivity index (χ0n) is 19.2. The van der Waals surface area contributed by atoms with E-state index in [0.29, 0.717) is 17.1 Å². The molecule has 0 aromatic heterocycles. The molecule has 178 valence electrons. The number of thioether (sulfide) groups is 1. The van der Waals surface area contributed by atoms with E-state index in [4.69, 9.17) is 16.3 Å². The fraction of sp³-hybridized carbons (Fsp3) is 0.148. The predicted octanol–water partition coefficient (Wildman–Crippen LogP) is 6.20. The van der Waals surface area contributed by atoms with Gasteiger partial charge in [-0.3, -0.25) is 9.59 Å². The Morgan fingerprint density at radius 2 is 1.66 bits per heavy atom. The van der Waals surface area contributed by atoms with Crippen LogP contribution in [0.5, 0.6) is 0 Å². The first-order valence-corrected chi connectivity index (χ1v) is 12.2. The first-order valence-electron chi connectivity index (χ1n) is 11.1. The molecule has 0 saturated heterocycles. The zero-order chi connectivity index (χ0) is 24.9. The van der Waals surface area contributed by atoms with Gasteiger partial charge < -0.3 is 10.1 Å². The summed E-state index contributed by atoms with van der Waals surface area (Å²) < 4.78 is 5.28. The third-order valence-electron chi connectivity index (χ3n) is 5.20. The van der Waals surface area contributed by atoms with Gasteiger partial charge >= 0.3 is 5.97 Å². The van der Waals surface area contributed by atoms with Crippen molar-refractivity contribution in [3.63, 3.8) is 0 Å². The van der Waals surface area contributed by atoms with E-state index in [-0.39, 0.29) is 28.5 Å². The number of imide groups is 1. The number of anilines is 2. The van der Waals surface area contributed by atoms with Gasteiger partial charge in [0, 0.05) is 15.6 Å². The number of aryl methyl sites for hydroxylation is 1. The summed E-state index contributed by atoms with van der Waals surface area (Å²) in [7, 11) is 0. The molecule has 2 amide bonds. The van der Waals surface area contributed by atoms with Gasteiger partial charge in [-0.05, 0) is 61.9 Å². The summed E-state index contributed by atoms with van der Waals surface area (Å²) in [6.45, 7) is 4.10. The second-order valence-corrected chi connectivity index (χ2v) is 9.37. The van der Waals surface area contributed by atoms with Crippen LogP contribution < -0.4 is 10.2 Å². The van der Waals surface area contributed by atoms with Crippen LogP contribution in [0.15, 0.2) is 88.3 Å². The lowest BCUT2D eigenvalue weighted by Gasteiger charge is -2.18. The van der Waals surface area contributed by atoms with E-state index in [0.717, 1.165) is 15.4 Å². The minimum Gasteiger partial charge on any atom is -0.462 e. The fourth-order valence-corrected chi connectivity index (χ4v) is 4.50. The summed E-state index contributed by atoms with van der Waals surface area (Å²) in [5.41, 5.74) is 2.14. The molecule has 6 nitrogen and oxygen atoms in total. The van der Waals surface area contributed by atoms with E-state index in [1.807, 2.05) is 38.1 Å². The highest BCUT2D eigenvalue weighted by Crippen LogP contribution is 2.39. The number of carbonyl (C=O) groups is 3. The lowest BCUT2D eigenvalue weighted by Crippen LogP contribution is -2.33. The highest BCUT2D eigenvalue weighted by atomic mass is 35.5. The van der Waals surface area contributed by atoms with E-state index < -0.39 is 17.8 Å². The molecule has 0 atom stereocenters. The maximum Gasteiger partial charge on any atom is 0.340 e. The lowest BCUT2D eigenvalue weighted by molar-refractivity contribution is -0.120. The molecule has 1 aliphatic heterocycles. The lowest BCUT2D eigenvalue weighted by atomic mass is 10.1. The molecule has 0 saturated carbocycles. The molecule has 1 aliphatic rings. The number of nitrogens with one attached hydrogen (secondary N) is 1. The van der Waals surface area contributed by atoms with Gasteiger partial charge in [0.2, 0.25) is 0 Å². The summed E-state index contributed by atoms with van der Waals surface area (Å²) >= 11 is 7.19. The molecule has 0 fully saturated rings. The number of hydrogen-bond donors (Lipinski definition) is 1. The summed E-state index contributed by atoms with van der Waals surface area (Å²) in [5, 5.41) is 3.63. The molecule has 8 heteroatoms. The van der Waals surface area contributed by atoms with Crippen molar-refractivity contribution in [2.45, 2.75) is 25.2 Å². The van der Waals surface area contributed by atoms with Gasteiger partial charge in [-0.2, -0.15) is 0 Å². The van der Waals surface area contributed by atoms with E-state index in [1.54, 1.807) is 48.5 Å². The highest BCUT2D eigenvalue weighted by molar-refractivity contribution is 8.04. The molecule has 0 spiro atoms. The van der Waals surface area contributed by atoms with Crippen LogP contribution in [0.2, 0.25) is 5.02 Å². The van der Waals surface area contributed by atoms with Crippen molar-refractivity contribution in [2.24, 2.45) is 0 Å². The summed E-state index contributed by atoms with van der Waals surface area (Å²) in [5.74, 6) is -1.67. The van der Waals surface area contributed by atoms with Crippen LogP contribution in [-0.2, 0) is 14.3 Å². The number of rotatable bonds is 8. The Morgan fingerprint density at radius 1 is 0.971 bits per heavy atom. The van der Waals surface area contributed by atoms with E-state index >= 15 is 0 Å². The Kier molecular flexibility index (Phi) is 7.58. The van der Waals surface area contributed by atoms with Gasteiger partial charge in [-0.15, -0.1) is 0 Å². The van der Waals surface area contributed by atoms with Crippen molar-refractivity contribution in [1.29, 1.82) is 0 Å². The first kappa shape index (κ1) is 24.6. The number of ether oxygens (including phenoxy) is 1. The molecule has 4 rings (SSSR count). The average molecular weight is 507 g/mol. The van der Waals surface area contributed by atoms with E-state index in [9.17, 15) is 14.4 Å². The first-order chi connectivity index (χ1) is 16.9. The van der Waals surface area contributed by atoms with Crippen LogP contribution >= 0.6 is 23.4 Å². The van der Waals surface area contributed by atoms with Crippen molar-refractivity contribution in [3.8, 4) is 0 Å². The molecule has 3 aromatic carbocycles.